The molecule has 1 atom stereocenters. The minimum Gasteiger partial charge on any atom is -0.338 e. The third kappa shape index (κ3) is 3.21. The zero-order valence-corrected chi connectivity index (χ0v) is 8.95. The summed E-state index contributed by atoms with van der Waals surface area (Å²) < 4.78 is 2.11. The fourth-order valence-electron chi connectivity index (χ4n) is 1.66. The van der Waals surface area contributed by atoms with Gasteiger partial charge >= 0.3 is 0 Å². The lowest BCUT2D eigenvalue weighted by molar-refractivity contribution is 0.481. The molecular weight excluding hydrogens is 160 g/mol. The van der Waals surface area contributed by atoms with E-state index >= 15 is 0 Å². The van der Waals surface area contributed by atoms with Gasteiger partial charge in [0.25, 0.3) is 0 Å². The Kier molecular flexibility index (Phi) is 4.00. The molecule has 0 amide bonds. The third-order valence-electron chi connectivity index (χ3n) is 2.59. The van der Waals surface area contributed by atoms with Crippen molar-refractivity contribution < 1.29 is 0 Å². The van der Waals surface area contributed by atoms with E-state index in [4.69, 9.17) is 0 Å². The van der Waals surface area contributed by atoms with Crippen molar-refractivity contribution in [3.8, 4) is 0 Å². The predicted molar refractivity (Wildman–Crippen MR) is 55.6 cm³/mol. The summed E-state index contributed by atoms with van der Waals surface area (Å²) in [6.07, 6.45) is 8.94. The van der Waals surface area contributed by atoms with Crippen molar-refractivity contribution in [1.82, 2.24) is 9.55 Å². The molecule has 74 valence electrons. The number of hydrogen-bond donors (Lipinski definition) is 0. The molecule has 0 aliphatic carbocycles. The van der Waals surface area contributed by atoms with E-state index in [1.165, 1.54) is 25.0 Å². The molecule has 1 unspecified atom stereocenters. The van der Waals surface area contributed by atoms with Crippen molar-refractivity contribution in [3.63, 3.8) is 0 Å². The number of rotatable bonds is 5. The maximum Gasteiger partial charge on any atom is 0.0945 e. The van der Waals surface area contributed by atoms with Crippen LogP contribution >= 0.6 is 0 Å². The molecule has 1 rings (SSSR count). The summed E-state index contributed by atoms with van der Waals surface area (Å²) in [5.74, 6) is 0.847. The topological polar surface area (TPSA) is 17.8 Å². The van der Waals surface area contributed by atoms with Crippen LogP contribution in [0.2, 0.25) is 0 Å². The number of imidazole rings is 1. The van der Waals surface area contributed by atoms with Crippen LogP contribution in [0.5, 0.6) is 0 Å². The van der Waals surface area contributed by atoms with Gasteiger partial charge < -0.3 is 4.57 Å². The molecule has 2 nitrogen and oxygen atoms in total. The van der Waals surface area contributed by atoms with Crippen LogP contribution in [0, 0.1) is 5.92 Å². The van der Waals surface area contributed by atoms with Gasteiger partial charge in [-0.05, 0) is 18.8 Å². The van der Waals surface area contributed by atoms with Gasteiger partial charge in [0.05, 0.1) is 6.33 Å². The quantitative estimate of drug-likeness (QED) is 0.681. The highest BCUT2D eigenvalue weighted by molar-refractivity contribution is 4.97. The fourth-order valence-corrected chi connectivity index (χ4v) is 1.66. The summed E-state index contributed by atoms with van der Waals surface area (Å²) in [6, 6.07) is 0. The molecule has 0 N–H and O–H groups in total. The first-order chi connectivity index (χ1) is 6.24. The van der Waals surface area contributed by atoms with Gasteiger partial charge in [0, 0.05) is 18.9 Å². The maximum atomic E-state index is 4.11. The molecule has 0 aliphatic rings. The van der Waals surface area contributed by atoms with Gasteiger partial charge in [-0.15, -0.1) is 0 Å². The molecule has 0 aliphatic heterocycles. The summed E-state index contributed by atoms with van der Waals surface area (Å²) in [4.78, 5) is 4.11. The lowest BCUT2D eigenvalue weighted by atomic mass is 9.99. The molecule has 0 aromatic carbocycles. The Morgan fingerprint density at radius 1 is 1.46 bits per heavy atom. The highest BCUT2D eigenvalue weighted by atomic mass is 15.0. The molecule has 13 heavy (non-hydrogen) atoms. The Bertz CT molecular complexity index is 240. The van der Waals surface area contributed by atoms with Crippen LogP contribution in [-0.4, -0.2) is 9.55 Å². The smallest absolute Gasteiger partial charge is 0.0945 e. The van der Waals surface area contributed by atoms with E-state index in [-0.39, 0.29) is 0 Å². The lowest BCUT2D eigenvalue weighted by Crippen LogP contribution is -2.00. The van der Waals surface area contributed by atoms with Crippen molar-refractivity contribution in [1.29, 1.82) is 0 Å². The molecule has 1 aromatic heterocycles. The Balaban J connectivity index is 2.30. The molecule has 0 saturated heterocycles. The van der Waals surface area contributed by atoms with Crippen LogP contribution in [0.25, 0.3) is 0 Å². The number of aryl methyl sites for hydroxylation is 2. The molecule has 1 heterocycles. The van der Waals surface area contributed by atoms with E-state index in [0.29, 0.717) is 0 Å². The first-order valence-corrected chi connectivity index (χ1v) is 5.19. The molecule has 0 spiro atoms. The van der Waals surface area contributed by atoms with E-state index in [1.807, 2.05) is 12.5 Å². The molecule has 0 saturated carbocycles. The average Bonchev–Trinajstić information content (AvgIpc) is 2.48. The van der Waals surface area contributed by atoms with Crippen molar-refractivity contribution in [2.75, 3.05) is 0 Å². The van der Waals surface area contributed by atoms with Gasteiger partial charge in [-0.3, -0.25) is 0 Å². The number of aromatic nitrogens is 2. The van der Waals surface area contributed by atoms with Crippen LogP contribution < -0.4 is 0 Å². The molecule has 1 aromatic rings. The first-order valence-electron chi connectivity index (χ1n) is 5.19. The second kappa shape index (κ2) is 5.05. The monoisotopic (exact) mass is 180 g/mol. The SMILES string of the molecule is CCCC(C)CCc1cncn1C. The largest absolute Gasteiger partial charge is 0.338 e. The van der Waals surface area contributed by atoms with E-state index < -0.39 is 0 Å². The summed E-state index contributed by atoms with van der Waals surface area (Å²) in [5.41, 5.74) is 1.35. The van der Waals surface area contributed by atoms with Gasteiger partial charge in [0.15, 0.2) is 0 Å². The van der Waals surface area contributed by atoms with Crippen LogP contribution in [-0.2, 0) is 13.5 Å². The van der Waals surface area contributed by atoms with Crippen molar-refractivity contribution in [3.05, 3.63) is 18.2 Å². The predicted octanol–water partition coefficient (Wildman–Crippen LogP) is 2.79. The average molecular weight is 180 g/mol. The summed E-state index contributed by atoms with van der Waals surface area (Å²) in [5, 5.41) is 0. The molecule has 0 bridgehead atoms. The maximum absolute atomic E-state index is 4.11. The van der Waals surface area contributed by atoms with E-state index in [0.717, 1.165) is 12.3 Å². The van der Waals surface area contributed by atoms with Crippen molar-refractivity contribution >= 4 is 0 Å². The van der Waals surface area contributed by atoms with Gasteiger partial charge in [-0.2, -0.15) is 0 Å². The van der Waals surface area contributed by atoms with Gasteiger partial charge in [0.1, 0.15) is 0 Å². The zero-order valence-electron chi connectivity index (χ0n) is 8.95. The number of nitrogens with zero attached hydrogens (tertiary/aromatic N) is 2. The Morgan fingerprint density at radius 2 is 2.23 bits per heavy atom. The lowest BCUT2D eigenvalue weighted by Gasteiger charge is -2.09. The third-order valence-corrected chi connectivity index (χ3v) is 2.59. The highest BCUT2D eigenvalue weighted by Crippen LogP contribution is 2.13. The van der Waals surface area contributed by atoms with Gasteiger partial charge in [0.2, 0.25) is 0 Å². The minimum atomic E-state index is 0.847. The summed E-state index contributed by atoms with van der Waals surface area (Å²) >= 11 is 0. The summed E-state index contributed by atoms with van der Waals surface area (Å²) in [7, 11) is 2.06. The van der Waals surface area contributed by atoms with Crippen LogP contribution in [0.15, 0.2) is 12.5 Å². The van der Waals surface area contributed by atoms with E-state index in [9.17, 15) is 0 Å². The molecule has 0 radical (unpaired) electrons. The normalized spacial score (nSPS) is 13.2. The second-order valence-electron chi connectivity index (χ2n) is 3.93. The van der Waals surface area contributed by atoms with Crippen LogP contribution in [0.3, 0.4) is 0 Å². The summed E-state index contributed by atoms with van der Waals surface area (Å²) in [6.45, 7) is 4.58. The minimum absolute atomic E-state index is 0.847. The number of hydrogen-bond acceptors (Lipinski definition) is 1. The molecular formula is C11H20N2. The fraction of sp³-hybridized carbons (Fsp3) is 0.727. The Hall–Kier alpha value is -0.790. The van der Waals surface area contributed by atoms with E-state index in [2.05, 4.69) is 30.4 Å². The Morgan fingerprint density at radius 3 is 2.77 bits per heavy atom. The zero-order chi connectivity index (χ0) is 9.68. The first kappa shape index (κ1) is 10.3. The van der Waals surface area contributed by atoms with Gasteiger partial charge in [-0.25, -0.2) is 4.98 Å². The highest BCUT2D eigenvalue weighted by Gasteiger charge is 2.03. The molecule has 2 heteroatoms. The molecule has 0 fully saturated rings. The standard InChI is InChI=1S/C11H20N2/c1-4-5-10(2)6-7-11-8-12-9-13(11)3/h8-10H,4-7H2,1-3H3. The van der Waals surface area contributed by atoms with Crippen LogP contribution in [0.1, 0.15) is 38.8 Å². The van der Waals surface area contributed by atoms with Crippen molar-refractivity contribution in [2.45, 2.75) is 39.5 Å². The van der Waals surface area contributed by atoms with Gasteiger partial charge in [-0.1, -0.05) is 26.7 Å². The van der Waals surface area contributed by atoms with Crippen LogP contribution in [0.4, 0.5) is 0 Å². The Labute approximate surface area is 81.0 Å². The van der Waals surface area contributed by atoms with Crippen molar-refractivity contribution in [2.24, 2.45) is 13.0 Å². The second-order valence-corrected chi connectivity index (χ2v) is 3.93. The van der Waals surface area contributed by atoms with E-state index in [1.54, 1.807) is 0 Å².